The molecule has 8 rings (SSSR count). The van der Waals surface area contributed by atoms with Crippen LogP contribution in [0.15, 0.2) is 0 Å². The maximum absolute atomic E-state index is 9.44. The molecule has 8 aliphatic rings. The van der Waals surface area contributed by atoms with Crippen LogP contribution in [0.4, 0.5) is 0 Å². The summed E-state index contributed by atoms with van der Waals surface area (Å²) in [4.78, 5) is 11.6. The predicted octanol–water partition coefficient (Wildman–Crippen LogP) is 5.42. The van der Waals surface area contributed by atoms with Gasteiger partial charge in [0, 0.05) is 0 Å². The van der Waals surface area contributed by atoms with E-state index >= 15 is 0 Å². The Balaban J connectivity index is 1.32. The summed E-state index contributed by atoms with van der Waals surface area (Å²) in [6, 6.07) is 0. The third kappa shape index (κ3) is 4.63. The molecule has 0 amide bonds. The molecule has 0 N–H and O–H groups in total. The SMILES string of the molecule is ClP(N1CCCC1N1CCCC1)(N1CCCC1N1CCCC1)(N1CCCC1N1CCCC1)N1CCCC1N1CCCC1. The summed E-state index contributed by atoms with van der Waals surface area (Å²) in [6.45, 7) is 11.4. The van der Waals surface area contributed by atoms with Crippen LogP contribution in [0, 0.1) is 0 Å². The van der Waals surface area contributed by atoms with Crippen LogP contribution in [0.3, 0.4) is 0 Å². The standard InChI is InChI=1S/C32H60ClN8P/c33-42(38-25-9-13-29(38)34-17-1-2-18-34,39-26-10-14-30(39)35-19-3-4-20-35,40-27-11-15-31(40)36-21-5-6-22-36)41-28-12-16-32(41)37-23-7-8-24-37/h29-32H,1-28H2. The zero-order chi connectivity index (χ0) is 28.2. The quantitative estimate of drug-likeness (QED) is 0.331. The molecular weight excluding hydrogens is 563 g/mol. The van der Waals surface area contributed by atoms with Gasteiger partial charge in [-0.1, -0.05) is 0 Å². The second-order valence-corrected chi connectivity index (χ2v) is 20.5. The van der Waals surface area contributed by atoms with Crippen LogP contribution in [0.1, 0.15) is 103 Å². The van der Waals surface area contributed by atoms with Gasteiger partial charge in [0.25, 0.3) is 0 Å². The van der Waals surface area contributed by atoms with Crippen LogP contribution in [0.25, 0.3) is 0 Å². The van der Waals surface area contributed by atoms with Crippen LogP contribution in [-0.2, 0) is 0 Å². The Morgan fingerprint density at radius 2 is 0.524 bits per heavy atom. The van der Waals surface area contributed by atoms with E-state index in [1.54, 1.807) is 0 Å². The van der Waals surface area contributed by atoms with Crippen molar-refractivity contribution in [3.8, 4) is 0 Å². The Morgan fingerprint density at radius 3 is 0.738 bits per heavy atom. The molecule has 8 aliphatic heterocycles. The topological polar surface area (TPSA) is 25.9 Å². The van der Waals surface area contributed by atoms with Crippen molar-refractivity contribution in [2.45, 2.75) is 127 Å². The summed E-state index contributed by atoms with van der Waals surface area (Å²) < 4.78 is 12.4. The Bertz CT molecular complexity index is 786. The number of halogens is 1. The molecule has 4 atom stereocenters. The van der Waals surface area contributed by atoms with Gasteiger partial charge in [0.05, 0.1) is 0 Å². The summed E-state index contributed by atoms with van der Waals surface area (Å²) >= 11 is 9.44. The Labute approximate surface area is 261 Å². The van der Waals surface area contributed by atoms with Crippen LogP contribution in [0.2, 0.25) is 0 Å². The van der Waals surface area contributed by atoms with Gasteiger partial charge in [-0.05, 0) is 0 Å². The molecule has 8 heterocycles. The van der Waals surface area contributed by atoms with Crippen molar-refractivity contribution in [3.63, 3.8) is 0 Å². The number of likely N-dealkylation sites (tertiary alicyclic amines) is 4. The predicted molar refractivity (Wildman–Crippen MR) is 175 cm³/mol. The number of rotatable bonds is 8. The van der Waals surface area contributed by atoms with Gasteiger partial charge in [0.15, 0.2) is 0 Å². The van der Waals surface area contributed by atoms with E-state index in [1.165, 1.54) is 181 Å². The minimum atomic E-state index is -3.49. The van der Waals surface area contributed by atoms with Crippen molar-refractivity contribution >= 4 is 17.8 Å². The van der Waals surface area contributed by atoms with E-state index in [9.17, 15) is 11.2 Å². The molecule has 10 heteroatoms. The molecule has 0 radical (unpaired) electrons. The first-order chi connectivity index (χ1) is 20.7. The van der Waals surface area contributed by atoms with E-state index in [2.05, 4.69) is 38.3 Å². The summed E-state index contributed by atoms with van der Waals surface area (Å²) in [5.41, 5.74) is 0. The van der Waals surface area contributed by atoms with Crippen LogP contribution in [0.5, 0.6) is 0 Å². The van der Waals surface area contributed by atoms with Crippen LogP contribution >= 0.6 is 17.8 Å². The molecular formula is C32H60ClN8P. The van der Waals surface area contributed by atoms with Crippen molar-refractivity contribution < 1.29 is 0 Å². The van der Waals surface area contributed by atoms with Crippen molar-refractivity contribution in [2.24, 2.45) is 0 Å². The van der Waals surface area contributed by atoms with E-state index in [0.29, 0.717) is 24.7 Å². The molecule has 0 aliphatic carbocycles. The molecule has 0 aromatic rings. The monoisotopic (exact) mass is 622 g/mol. The normalized spacial score (nSPS) is 39.0. The third-order valence-corrected chi connectivity index (χ3v) is 20.5. The molecule has 0 saturated carbocycles. The number of hydrogen-bond donors (Lipinski definition) is 0. The molecule has 0 bridgehead atoms. The van der Waals surface area contributed by atoms with Gasteiger partial charge in [0.1, 0.15) is 0 Å². The molecule has 8 saturated heterocycles. The summed E-state index contributed by atoms with van der Waals surface area (Å²) in [5.74, 6) is 0. The first kappa shape index (κ1) is 29.8. The van der Waals surface area contributed by atoms with Crippen LogP contribution in [-0.4, -0.2) is 141 Å². The zero-order valence-electron chi connectivity index (χ0n) is 26.5. The van der Waals surface area contributed by atoms with E-state index < -0.39 is 6.56 Å². The maximum atomic E-state index is 9.44. The van der Waals surface area contributed by atoms with Gasteiger partial charge in [-0.3, -0.25) is 0 Å². The number of nitrogens with zero attached hydrogens (tertiary/aromatic N) is 8. The fraction of sp³-hybridized carbons (Fsp3) is 1.00. The van der Waals surface area contributed by atoms with Crippen LogP contribution < -0.4 is 0 Å². The zero-order valence-corrected chi connectivity index (χ0v) is 28.2. The Hall–Kier alpha value is 0.400. The Kier molecular flexibility index (Phi) is 8.66. The van der Waals surface area contributed by atoms with Gasteiger partial charge in [-0.2, -0.15) is 0 Å². The van der Waals surface area contributed by atoms with Gasteiger partial charge < -0.3 is 0 Å². The molecule has 0 aromatic carbocycles. The number of hydrogen-bond acceptors (Lipinski definition) is 8. The van der Waals surface area contributed by atoms with Gasteiger partial charge in [-0.15, -0.1) is 0 Å². The fourth-order valence-corrected chi connectivity index (χ4v) is 19.8. The van der Waals surface area contributed by atoms with Gasteiger partial charge in [-0.25, -0.2) is 0 Å². The van der Waals surface area contributed by atoms with E-state index in [4.69, 9.17) is 0 Å². The second kappa shape index (κ2) is 12.2. The summed E-state index contributed by atoms with van der Waals surface area (Å²) in [6.07, 6.45) is 23.3. The van der Waals surface area contributed by atoms with Crippen molar-refractivity contribution in [2.75, 3.05) is 78.5 Å². The van der Waals surface area contributed by atoms with Crippen molar-refractivity contribution in [3.05, 3.63) is 0 Å². The molecule has 8 fully saturated rings. The fourth-order valence-electron chi connectivity index (χ4n) is 11.1. The van der Waals surface area contributed by atoms with E-state index in [0.717, 1.165) is 0 Å². The van der Waals surface area contributed by atoms with Crippen molar-refractivity contribution in [1.82, 2.24) is 38.3 Å². The average Bonchev–Trinajstić information content (AvgIpc) is 3.90. The van der Waals surface area contributed by atoms with E-state index in [-0.39, 0.29) is 0 Å². The van der Waals surface area contributed by atoms with Gasteiger partial charge in [0.2, 0.25) is 0 Å². The molecule has 4 unspecified atom stereocenters. The summed E-state index contributed by atoms with van der Waals surface area (Å²) in [5, 5.41) is 0. The van der Waals surface area contributed by atoms with E-state index in [1.807, 2.05) is 0 Å². The Morgan fingerprint density at radius 1 is 0.310 bits per heavy atom. The minimum absolute atomic E-state index is 0.502. The first-order valence-electron chi connectivity index (χ1n) is 18.5. The second-order valence-electron chi connectivity index (χ2n) is 15.0. The molecule has 8 nitrogen and oxygen atoms in total. The molecule has 240 valence electrons. The first-order valence-corrected chi connectivity index (χ1v) is 21.4. The van der Waals surface area contributed by atoms with Crippen molar-refractivity contribution in [1.29, 1.82) is 0 Å². The third-order valence-electron chi connectivity index (χ3n) is 12.8. The molecule has 42 heavy (non-hydrogen) atoms. The van der Waals surface area contributed by atoms with Gasteiger partial charge >= 0.3 is 262 Å². The molecule has 0 spiro atoms. The molecule has 0 aromatic heterocycles. The average molecular weight is 623 g/mol. The summed E-state index contributed by atoms with van der Waals surface area (Å²) in [7, 11) is 0.